The van der Waals surface area contributed by atoms with Gasteiger partial charge in [-0.15, -0.1) is 10.2 Å². The van der Waals surface area contributed by atoms with E-state index in [0.29, 0.717) is 30.2 Å². The molecule has 0 unspecified atom stereocenters. The molecule has 4 rings (SSSR count). The molecule has 0 fully saturated rings. The van der Waals surface area contributed by atoms with Gasteiger partial charge in [0, 0.05) is 16.5 Å². The Morgan fingerprint density at radius 1 is 1.15 bits per heavy atom. The maximum atomic E-state index is 12.5. The van der Waals surface area contributed by atoms with Crippen LogP contribution in [-0.2, 0) is 13.0 Å². The third-order valence-corrected chi connectivity index (χ3v) is 5.53. The van der Waals surface area contributed by atoms with Gasteiger partial charge in [0.1, 0.15) is 17.4 Å². The number of hydrogen-bond donors (Lipinski definition) is 1. The number of ketones is 1. The molecule has 1 heterocycles. The summed E-state index contributed by atoms with van der Waals surface area (Å²) in [4.78, 5) is 20.8. The molecule has 33 heavy (non-hydrogen) atoms. The smallest absolute Gasteiger partial charge is 0.652 e. The van der Waals surface area contributed by atoms with E-state index in [2.05, 4.69) is 20.6 Å². The molecule has 1 aromatic heterocycles. The quantitative estimate of drug-likeness (QED) is 0.330. The first-order valence-electron chi connectivity index (χ1n) is 8.99. The third kappa shape index (κ3) is 7.79. The van der Waals surface area contributed by atoms with Gasteiger partial charge < -0.3 is 19.7 Å². The summed E-state index contributed by atoms with van der Waals surface area (Å²) in [5.74, 6) is 1.03. The minimum Gasteiger partial charge on any atom is -0.652 e. The van der Waals surface area contributed by atoms with Crippen molar-refractivity contribution in [1.82, 2.24) is 20.6 Å². The SMILES string of the molecule is CC1(C)Cc2cc(OCc3ccc(-c4nn[nH]n4)cc3)c(Cl)c(Cl)c2C1=O.O=C([O-])[O-].[K+].[K+]. The molecule has 0 amide bonds. The minimum atomic E-state index is -2.33. The van der Waals surface area contributed by atoms with Crippen molar-refractivity contribution in [2.45, 2.75) is 26.9 Å². The average Bonchev–Trinajstić information content (AvgIpc) is 3.31. The third-order valence-electron chi connectivity index (χ3n) is 4.68. The van der Waals surface area contributed by atoms with E-state index in [4.69, 9.17) is 42.9 Å². The molecule has 9 nitrogen and oxygen atoms in total. The average molecular weight is 541 g/mol. The maximum absolute atomic E-state index is 12.5. The summed E-state index contributed by atoms with van der Waals surface area (Å²) in [7, 11) is 0. The number of H-pyrrole nitrogens is 1. The van der Waals surface area contributed by atoms with Crippen LogP contribution >= 0.6 is 23.2 Å². The van der Waals surface area contributed by atoms with Gasteiger partial charge in [-0.1, -0.05) is 61.3 Å². The number of carbonyl (C=O) groups excluding carboxylic acids is 2. The summed E-state index contributed by atoms with van der Waals surface area (Å²) in [5.41, 5.74) is 2.72. The van der Waals surface area contributed by atoms with Gasteiger partial charge in [-0.05, 0) is 35.0 Å². The largest absolute Gasteiger partial charge is 1.00 e. The Balaban J connectivity index is 0.000000842. The first-order valence-corrected chi connectivity index (χ1v) is 9.75. The molecule has 0 atom stereocenters. The summed E-state index contributed by atoms with van der Waals surface area (Å²) in [6, 6.07) is 9.44. The van der Waals surface area contributed by atoms with E-state index < -0.39 is 11.6 Å². The Labute approximate surface area is 284 Å². The zero-order chi connectivity index (χ0) is 22.8. The predicted molar refractivity (Wildman–Crippen MR) is 108 cm³/mol. The Hall–Kier alpha value is 0.103. The monoisotopic (exact) mass is 540 g/mol. The minimum absolute atomic E-state index is 0. The van der Waals surface area contributed by atoms with Crippen LogP contribution in [0.1, 0.15) is 35.3 Å². The Morgan fingerprint density at radius 2 is 1.76 bits per heavy atom. The number of fused-ring (bicyclic) bond motifs is 1. The number of hydrogen-bond acceptors (Lipinski definition) is 8. The molecule has 3 aromatic rings. The van der Waals surface area contributed by atoms with Crippen molar-refractivity contribution in [1.29, 1.82) is 0 Å². The van der Waals surface area contributed by atoms with Crippen molar-refractivity contribution >= 4 is 35.1 Å². The first-order chi connectivity index (χ1) is 14.6. The van der Waals surface area contributed by atoms with Crippen LogP contribution in [0, 0.1) is 5.41 Å². The molecule has 0 saturated heterocycles. The molecule has 1 N–H and O–H groups in total. The van der Waals surface area contributed by atoms with Crippen molar-refractivity contribution in [2.24, 2.45) is 5.41 Å². The van der Waals surface area contributed by atoms with Crippen LogP contribution in [0.15, 0.2) is 30.3 Å². The number of nitrogens with one attached hydrogen (secondary N) is 1. The standard InChI is InChI=1S/C19H16Cl2N4O2.CH2O3.2K/c1-19(2)8-12-7-13(15(20)16(21)14(12)17(19)26)27-9-10-3-5-11(6-4-10)18-22-24-25-23-18;2-1(3)4;;/h3-7H,8-9H2,1-2H3,(H,22,23,24,25);(H2,2,3,4);;/q;;2*+1/p-2. The van der Waals surface area contributed by atoms with E-state index in [1.807, 2.05) is 44.2 Å². The molecule has 0 saturated carbocycles. The van der Waals surface area contributed by atoms with Crippen LogP contribution in [0.4, 0.5) is 4.79 Å². The van der Waals surface area contributed by atoms with E-state index >= 15 is 0 Å². The zero-order valence-corrected chi connectivity index (χ0v) is 26.2. The number of carbonyl (C=O) groups is 2. The molecule has 13 heteroatoms. The number of rotatable bonds is 4. The van der Waals surface area contributed by atoms with Gasteiger partial charge in [0.2, 0.25) is 5.82 Å². The van der Waals surface area contributed by atoms with Gasteiger partial charge >= 0.3 is 103 Å². The summed E-state index contributed by atoms with van der Waals surface area (Å²) in [5, 5.41) is 31.1. The molecule has 162 valence electrons. The molecular formula is C20H16Cl2K2N4O5. The van der Waals surface area contributed by atoms with Crippen molar-refractivity contribution in [3.8, 4) is 17.1 Å². The predicted octanol–water partition coefficient (Wildman–Crippen LogP) is -3.92. The number of tetrazole rings is 1. The van der Waals surface area contributed by atoms with Crippen molar-refractivity contribution in [3.05, 3.63) is 57.1 Å². The fraction of sp³-hybridized carbons (Fsp3) is 0.250. The molecule has 1 aliphatic carbocycles. The number of benzene rings is 2. The molecule has 1 aliphatic rings. The van der Waals surface area contributed by atoms with Crippen molar-refractivity contribution < 1.29 is 127 Å². The van der Waals surface area contributed by atoms with Crippen LogP contribution in [0.2, 0.25) is 10.0 Å². The zero-order valence-electron chi connectivity index (χ0n) is 18.4. The molecule has 0 aliphatic heterocycles. The molecule has 0 bridgehead atoms. The van der Waals surface area contributed by atoms with Gasteiger partial charge in [-0.3, -0.25) is 4.79 Å². The van der Waals surface area contributed by atoms with Crippen LogP contribution in [0.25, 0.3) is 11.4 Å². The second kappa shape index (κ2) is 13.4. The number of Topliss-reactive ketones (excluding diaryl/α,β-unsaturated/α-hetero) is 1. The van der Waals surface area contributed by atoms with Gasteiger partial charge in [0.15, 0.2) is 5.78 Å². The topological polar surface area (TPSA) is 144 Å². The number of carboxylic acid groups (broad SMARTS) is 2. The van der Waals surface area contributed by atoms with Gasteiger partial charge in [-0.25, -0.2) is 0 Å². The first kappa shape index (κ1) is 31.1. The summed E-state index contributed by atoms with van der Waals surface area (Å²) in [6.07, 6.45) is -1.71. The van der Waals surface area contributed by atoms with E-state index in [1.54, 1.807) is 0 Å². The maximum Gasteiger partial charge on any atom is 1.00 e. The van der Waals surface area contributed by atoms with Gasteiger partial charge in [-0.2, -0.15) is 5.21 Å². The number of halogens is 2. The van der Waals surface area contributed by atoms with Gasteiger partial charge in [0.25, 0.3) is 0 Å². The number of ether oxygens (including phenoxy) is 1. The van der Waals surface area contributed by atoms with Crippen LogP contribution in [0.5, 0.6) is 5.75 Å². The normalized spacial score (nSPS) is 13.0. The molecular weight excluding hydrogens is 525 g/mol. The van der Waals surface area contributed by atoms with Crippen molar-refractivity contribution in [2.75, 3.05) is 0 Å². The Bertz CT molecular complexity index is 1120. The number of aromatic amines is 1. The van der Waals surface area contributed by atoms with Gasteiger partial charge in [0.05, 0.1) is 5.02 Å². The Kier molecular flexibility index (Phi) is 12.7. The van der Waals surface area contributed by atoms with E-state index in [-0.39, 0.29) is 119 Å². The van der Waals surface area contributed by atoms with E-state index in [0.717, 1.165) is 16.7 Å². The second-order valence-corrected chi connectivity index (χ2v) is 8.15. The summed E-state index contributed by atoms with van der Waals surface area (Å²) >= 11 is 12.7. The molecule has 0 radical (unpaired) electrons. The Morgan fingerprint density at radius 3 is 2.30 bits per heavy atom. The second-order valence-electron chi connectivity index (χ2n) is 7.40. The fourth-order valence-corrected chi connectivity index (χ4v) is 3.74. The van der Waals surface area contributed by atoms with Crippen LogP contribution in [0.3, 0.4) is 0 Å². The van der Waals surface area contributed by atoms with Crippen LogP contribution in [-0.4, -0.2) is 32.6 Å². The fourth-order valence-electron chi connectivity index (χ4n) is 3.23. The summed E-state index contributed by atoms with van der Waals surface area (Å²) in [6.45, 7) is 4.13. The number of aromatic nitrogens is 4. The summed E-state index contributed by atoms with van der Waals surface area (Å²) < 4.78 is 5.89. The molecule has 0 spiro atoms. The van der Waals surface area contributed by atoms with E-state index in [9.17, 15) is 4.79 Å². The van der Waals surface area contributed by atoms with Crippen molar-refractivity contribution in [3.63, 3.8) is 0 Å². The van der Waals surface area contributed by atoms with Crippen LogP contribution < -0.4 is 118 Å². The number of nitrogens with zero attached hydrogens (tertiary/aromatic N) is 3. The molecule has 2 aromatic carbocycles. The van der Waals surface area contributed by atoms with E-state index in [1.165, 1.54) is 0 Å².